The van der Waals surface area contributed by atoms with Crippen LogP contribution in [0.3, 0.4) is 0 Å². The first-order valence-corrected chi connectivity index (χ1v) is 15.7. The second-order valence-corrected chi connectivity index (χ2v) is 13.1. The first-order valence-electron chi connectivity index (χ1n) is 13.2. The molecule has 0 radical (unpaired) electrons. The van der Waals surface area contributed by atoms with Crippen molar-refractivity contribution in [1.29, 1.82) is 0 Å². The van der Waals surface area contributed by atoms with Crippen LogP contribution in [0.2, 0.25) is 0 Å². The Morgan fingerprint density at radius 3 is 2.44 bits per heavy atom. The number of aromatic nitrogens is 1. The average Bonchev–Trinajstić information content (AvgIpc) is 3.70. The highest BCUT2D eigenvalue weighted by molar-refractivity contribution is 8.00. The van der Waals surface area contributed by atoms with E-state index in [-0.39, 0.29) is 22.8 Å². The fraction of sp³-hybridized carbons (Fsp3) is 0.133. The van der Waals surface area contributed by atoms with Gasteiger partial charge in [-0.3, -0.25) is 33.9 Å². The first-order chi connectivity index (χ1) is 20.8. The molecule has 0 spiro atoms. The summed E-state index contributed by atoms with van der Waals surface area (Å²) in [4.78, 5) is 67.1. The molecule has 214 valence electrons. The molecule has 1 fully saturated rings. The van der Waals surface area contributed by atoms with Crippen LogP contribution in [0.15, 0.2) is 94.1 Å². The lowest BCUT2D eigenvalue weighted by Gasteiger charge is -2.29. The number of nitrogens with one attached hydrogen (secondary N) is 1. The molecule has 2 unspecified atom stereocenters. The molecule has 0 aliphatic carbocycles. The predicted molar refractivity (Wildman–Crippen MR) is 166 cm³/mol. The summed E-state index contributed by atoms with van der Waals surface area (Å²) < 4.78 is 1.38. The van der Waals surface area contributed by atoms with Crippen molar-refractivity contribution in [3.63, 3.8) is 0 Å². The minimum Gasteiger partial charge on any atom is -0.324 e. The fourth-order valence-electron chi connectivity index (χ4n) is 5.68. The van der Waals surface area contributed by atoms with Crippen LogP contribution in [-0.2, 0) is 20.9 Å². The molecule has 4 heterocycles. The Hall–Kier alpha value is -4.59. The fourth-order valence-corrected chi connectivity index (χ4v) is 9.40. The van der Waals surface area contributed by atoms with Crippen LogP contribution in [0.1, 0.15) is 15.7 Å². The van der Waals surface area contributed by atoms with Gasteiger partial charge in [0.25, 0.3) is 5.69 Å². The first kappa shape index (κ1) is 27.3. The number of hydrogen-bond acceptors (Lipinski definition) is 9. The van der Waals surface area contributed by atoms with E-state index in [9.17, 15) is 29.3 Å². The molecule has 1 saturated heterocycles. The number of thiazole rings is 1. The summed E-state index contributed by atoms with van der Waals surface area (Å²) in [5, 5.41) is 17.4. The predicted octanol–water partition coefficient (Wildman–Crippen LogP) is 5.47. The number of hydrogen-bond donors (Lipinski definition) is 1. The maximum atomic E-state index is 13.9. The Balaban J connectivity index is 1.24. The second-order valence-electron chi connectivity index (χ2n) is 10.0. The zero-order chi connectivity index (χ0) is 29.8. The van der Waals surface area contributed by atoms with Crippen molar-refractivity contribution >= 4 is 80.0 Å². The van der Waals surface area contributed by atoms with E-state index in [4.69, 9.17) is 0 Å². The summed E-state index contributed by atoms with van der Waals surface area (Å²) >= 11 is 3.54. The Kier molecular flexibility index (Phi) is 6.72. The number of anilines is 2. The van der Waals surface area contributed by atoms with Gasteiger partial charge in [-0.15, -0.1) is 11.3 Å². The van der Waals surface area contributed by atoms with Gasteiger partial charge in [-0.2, -0.15) is 0 Å². The summed E-state index contributed by atoms with van der Waals surface area (Å²) in [5.41, 5.74) is 0.717. The standard InChI is InChI=1S/C30H20N4O6S3/c35-22(31-20-8-3-6-16-5-1-2-7-19(16)20)15-32-29-26(43-30(32)38)23(21-9-4-14-41-21)24-25(42-29)28(37)33(27(24)36)17-10-12-18(13-11-17)34(39)40/h1-14,23-25H,15H2,(H,31,35)/t23-,24?,25?/m1/s1. The third kappa shape index (κ3) is 4.56. The lowest BCUT2D eigenvalue weighted by molar-refractivity contribution is -0.384. The SMILES string of the molecule is O=C(Cn1c2c(sc1=O)[C@H](c1cccs1)C1C(=O)N(c3ccc([N+](=O)[O-])cc3)C(=O)C1S2)Nc1cccc2ccccc12. The van der Waals surface area contributed by atoms with E-state index >= 15 is 0 Å². The molecule has 10 nitrogen and oxygen atoms in total. The molecule has 3 amide bonds. The number of carbonyl (C=O) groups is 3. The number of benzene rings is 3. The molecule has 43 heavy (non-hydrogen) atoms. The van der Waals surface area contributed by atoms with E-state index in [1.54, 1.807) is 6.07 Å². The minimum atomic E-state index is -0.844. The van der Waals surface area contributed by atoms with Crippen LogP contribution >= 0.6 is 34.4 Å². The van der Waals surface area contributed by atoms with Crippen LogP contribution in [0, 0.1) is 16.0 Å². The molecule has 7 rings (SSSR count). The molecular weight excluding hydrogens is 609 g/mol. The van der Waals surface area contributed by atoms with Gasteiger partial charge in [0.05, 0.1) is 21.6 Å². The van der Waals surface area contributed by atoms with Crippen molar-refractivity contribution in [1.82, 2.24) is 4.57 Å². The third-order valence-corrected chi connectivity index (χ3v) is 11.1. The quantitative estimate of drug-likeness (QED) is 0.150. The highest BCUT2D eigenvalue weighted by atomic mass is 32.2. The number of rotatable bonds is 6. The van der Waals surface area contributed by atoms with Gasteiger partial charge in [0, 0.05) is 38.9 Å². The maximum absolute atomic E-state index is 13.9. The van der Waals surface area contributed by atoms with Gasteiger partial charge in [-0.25, -0.2) is 4.90 Å². The Morgan fingerprint density at radius 1 is 0.930 bits per heavy atom. The Morgan fingerprint density at radius 2 is 1.70 bits per heavy atom. The number of nitro benzene ring substituents is 1. The van der Waals surface area contributed by atoms with E-state index in [2.05, 4.69) is 5.32 Å². The molecular formula is C30H20N4O6S3. The Bertz CT molecular complexity index is 2000. The normalized spacial score (nSPS) is 19.3. The van der Waals surface area contributed by atoms with E-state index in [0.29, 0.717) is 15.6 Å². The van der Waals surface area contributed by atoms with Crippen molar-refractivity contribution in [2.75, 3.05) is 10.2 Å². The molecule has 0 bridgehead atoms. The monoisotopic (exact) mass is 628 g/mol. The van der Waals surface area contributed by atoms with Gasteiger partial charge in [0.2, 0.25) is 17.7 Å². The van der Waals surface area contributed by atoms with Gasteiger partial charge in [-0.05, 0) is 35.0 Å². The lowest BCUT2D eigenvalue weighted by Crippen LogP contribution is -2.32. The zero-order valence-corrected chi connectivity index (χ0v) is 24.5. The summed E-state index contributed by atoms with van der Waals surface area (Å²) in [7, 11) is 0. The molecule has 3 atom stereocenters. The van der Waals surface area contributed by atoms with Crippen molar-refractivity contribution < 1.29 is 19.3 Å². The zero-order valence-electron chi connectivity index (χ0n) is 22.0. The van der Waals surface area contributed by atoms with E-state index in [1.807, 2.05) is 53.9 Å². The molecule has 0 saturated carbocycles. The molecule has 5 aromatic rings. The van der Waals surface area contributed by atoms with Gasteiger partial charge >= 0.3 is 4.87 Å². The second kappa shape index (κ2) is 10.6. The van der Waals surface area contributed by atoms with Crippen molar-refractivity contribution in [2.45, 2.75) is 22.7 Å². The smallest absolute Gasteiger partial charge is 0.308 e. The van der Waals surface area contributed by atoms with Crippen molar-refractivity contribution in [3.05, 3.63) is 114 Å². The van der Waals surface area contributed by atoms with Gasteiger partial charge in [0.15, 0.2) is 0 Å². The lowest BCUT2D eigenvalue weighted by atomic mass is 9.87. The van der Waals surface area contributed by atoms with Crippen LogP contribution < -0.4 is 15.1 Å². The third-order valence-electron chi connectivity index (χ3n) is 7.58. The molecule has 1 N–H and O–H groups in total. The summed E-state index contributed by atoms with van der Waals surface area (Å²) in [6, 6.07) is 22.3. The van der Waals surface area contributed by atoms with Gasteiger partial charge in [0.1, 0.15) is 11.8 Å². The number of amides is 3. The van der Waals surface area contributed by atoms with Crippen LogP contribution in [0.4, 0.5) is 17.1 Å². The topological polar surface area (TPSA) is 132 Å². The summed E-state index contributed by atoms with van der Waals surface area (Å²) in [5.74, 6) is -2.63. The molecule has 2 aliphatic rings. The largest absolute Gasteiger partial charge is 0.324 e. The van der Waals surface area contributed by atoms with E-state index < -0.39 is 39.7 Å². The number of fused-ring (bicyclic) bond motifs is 3. The number of thiophene rings is 1. The van der Waals surface area contributed by atoms with Gasteiger partial charge < -0.3 is 5.32 Å². The minimum absolute atomic E-state index is 0.154. The molecule has 2 aliphatic heterocycles. The number of carbonyl (C=O) groups excluding carboxylic acids is 3. The van der Waals surface area contributed by atoms with E-state index in [1.165, 1.54) is 40.2 Å². The summed E-state index contributed by atoms with van der Waals surface area (Å²) in [6.07, 6.45) is 0. The molecule has 13 heteroatoms. The van der Waals surface area contributed by atoms with Gasteiger partial charge in [-0.1, -0.05) is 65.6 Å². The average molecular weight is 629 g/mol. The van der Waals surface area contributed by atoms with Crippen molar-refractivity contribution in [3.8, 4) is 0 Å². The number of thioether (sulfide) groups is 1. The van der Waals surface area contributed by atoms with Crippen LogP contribution in [-0.4, -0.2) is 32.5 Å². The highest BCUT2D eigenvalue weighted by Crippen LogP contribution is 2.54. The number of nitrogens with zero attached hydrogens (tertiary/aromatic N) is 3. The van der Waals surface area contributed by atoms with Crippen LogP contribution in [0.5, 0.6) is 0 Å². The highest BCUT2D eigenvalue weighted by Gasteiger charge is 2.57. The summed E-state index contributed by atoms with van der Waals surface area (Å²) in [6.45, 7) is -0.260. The Labute approximate surface area is 255 Å². The van der Waals surface area contributed by atoms with E-state index in [0.717, 1.165) is 43.6 Å². The molecule has 2 aromatic heterocycles. The maximum Gasteiger partial charge on any atom is 0.308 e. The molecule has 3 aromatic carbocycles. The van der Waals surface area contributed by atoms with Crippen LogP contribution in [0.25, 0.3) is 10.8 Å². The number of non-ortho nitro benzene ring substituents is 1. The number of imide groups is 1. The number of nitro groups is 1. The van der Waals surface area contributed by atoms with Crippen molar-refractivity contribution in [2.24, 2.45) is 5.92 Å².